The molecule has 0 unspecified atom stereocenters. The van der Waals surface area contributed by atoms with Crippen LogP contribution in [0.2, 0.25) is 13.1 Å². The molecule has 1 aliphatic heterocycles. The van der Waals surface area contributed by atoms with Crippen LogP contribution in [0.1, 0.15) is 39.9 Å². The fraction of sp³-hybridized carbons (Fsp3) is 0.250. The Morgan fingerprint density at radius 3 is 2.54 bits per heavy atom. The van der Waals surface area contributed by atoms with E-state index in [2.05, 4.69) is 112 Å². The predicted octanol–water partition coefficient (Wildman–Crippen LogP) is 6.95. The van der Waals surface area contributed by atoms with Gasteiger partial charge in [-0.05, 0) is 113 Å². The molecule has 8 rings (SSSR count). The van der Waals surface area contributed by atoms with Crippen LogP contribution in [-0.4, -0.2) is 102 Å². The quantitative estimate of drug-likeness (QED) is 0.0453. The Morgan fingerprint density at radius 2 is 1.75 bits per heavy atom. The van der Waals surface area contributed by atoms with Crippen molar-refractivity contribution in [1.82, 2.24) is 30.3 Å². The first-order valence-corrected chi connectivity index (χ1v) is 25.6. The molecule has 3 heterocycles. The van der Waals surface area contributed by atoms with Gasteiger partial charge in [-0.25, -0.2) is 14.5 Å². The number of anilines is 3. The highest BCUT2D eigenvalue weighted by molar-refractivity contribution is 7.85. The van der Waals surface area contributed by atoms with Crippen LogP contribution in [0, 0.1) is 6.92 Å². The number of hydrogen-bond acceptors (Lipinski definition) is 9. The fourth-order valence-electron chi connectivity index (χ4n) is 8.41. The number of aryl methyl sites for hydroxylation is 2. The van der Waals surface area contributed by atoms with Crippen molar-refractivity contribution >= 4 is 68.7 Å². The van der Waals surface area contributed by atoms with Gasteiger partial charge in [0.2, 0.25) is 0 Å². The molecule has 2 aliphatic rings. The lowest BCUT2D eigenvalue weighted by atomic mass is 9.87. The predicted molar refractivity (Wildman–Crippen MR) is 255 cm³/mol. The van der Waals surface area contributed by atoms with Gasteiger partial charge < -0.3 is 15.5 Å². The molecule has 322 valence electrons. The van der Waals surface area contributed by atoms with E-state index in [1.807, 2.05) is 78.8 Å². The van der Waals surface area contributed by atoms with E-state index in [9.17, 15) is 17.8 Å². The zero-order valence-corrected chi connectivity index (χ0v) is 38.2. The first-order chi connectivity index (χ1) is 30.2. The zero-order valence-electron chi connectivity index (χ0n) is 36.4. The lowest BCUT2D eigenvalue weighted by molar-refractivity contribution is -0.462. The Morgan fingerprint density at radius 1 is 0.937 bits per heavy atom. The van der Waals surface area contributed by atoms with Crippen molar-refractivity contribution in [1.29, 1.82) is 0 Å². The van der Waals surface area contributed by atoms with E-state index >= 15 is 0 Å². The van der Waals surface area contributed by atoms with Crippen molar-refractivity contribution in [2.24, 2.45) is 0 Å². The minimum absolute atomic E-state index is 0.134. The van der Waals surface area contributed by atoms with Gasteiger partial charge in [0.25, 0.3) is 16.0 Å². The summed E-state index contributed by atoms with van der Waals surface area (Å²) in [6.07, 6.45) is 11.2. The molecule has 0 bridgehead atoms. The summed E-state index contributed by atoms with van der Waals surface area (Å²) in [5.74, 6) is 0.318. The van der Waals surface area contributed by atoms with Crippen LogP contribution >= 0.6 is 0 Å². The van der Waals surface area contributed by atoms with Gasteiger partial charge in [-0.15, -0.1) is 5.10 Å². The van der Waals surface area contributed by atoms with Crippen LogP contribution in [0.4, 0.5) is 17.2 Å². The van der Waals surface area contributed by atoms with Crippen molar-refractivity contribution in [2.75, 3.05) is 50.2 Å². The van der Waals surface area contributed by atoms with Gasteiger partial charge in [-0.1, -0.05) is 54.7 Å². The maximum absolute atomic E-state index is 13.5. The Bertz CT molecular complexity index is 3000. The number of carbonyl (C=O) groups is 1. The summed E-state index contributed by atoms with van der Waals surface area (Å²) < 4.78 is 36.0. The molecule has 0 radical (unpaired) electrons. The third-order valence-corrected chi connectivity index (χ3v) is 16.2. The Hall–Kier alpha value is -6.55. The van der Waals surface area contributed by atoms with Gasteiger partial charge in [0, 0.05) is 66.7 Å². The molecule has 0 spiro atoms. The first kappa shape index (κ1) is 43.1. The van der Waals surface area contributed by atoms with Gasteiger partial charge in [-0.2, -0.15) is 8.42 Å². The van der Waals surface area contributed by atoms with Crippen LogP contribution in [-0.2, 0) is 16.7 Å². The maximum Gasteiger partial charge on any atom is 0.264 e. The topological polar surface area (TPSA) is 158 Å². The second-order valence-electron chi connectivity index (χ2n) is 16.9. The first-order valence-electron chi connectivity index (χ1n) is 21.0. The molecule has 2 aromatic heterocycles. The van der Waals surface area contributed by atoms with Crippen molar-refractivity contribution in [3.05, 3.63) is 149 Å². The largest absolute Gasteiger partial charge is 0.375 e. The molecular weight excluding hydrogens is 827 g/mol. The van der Waals surface area contributed by atoms with Crippen LogP contribution in [0.5, 0.6) is 0 Å². The number of fused-ring (bicyclic) bond motifs is 3. The van der Waals surface area contributed by atoms with Gasteiger partial charge in [-0.3, -0.25) is 14.0 Å². The van der Waals surface area contributed by atoms with Crippen LogP contribution in [0.15, 0.2) is 126 Å². The second-order valence-corrected chi connectivity index (χ2v) is 22.8. The summed E-state index contributed by atoms with van der Waals surface area (Å²) in [5, 5.41) is 18.9. The molecule has 0 fully saturated rings. The van der Waals surface area contributed by atoms with Gasteiger partial charge in [0.1, 0.15) is 40.0 Å². The molecule has 4 aromatic carbocycles. The SMILES string of the molecule is Cc1cc(C(=O)NCCCn2cc(-c3cccc(Nc4ncnc5ccccc45)c3)nn2)ccc1C1=C2C=CC(=[N+](C)C)C=C2[Si](C)(C)c2cc(N(C)CCCS(=O)(=O)O)ccc21. The fourth-order valence-corrected chi connectivity index (χ4v) is 12.0. The monoisotopic (exact) mass is 878 g/mol. The maximum atomic E-state index is 13.5. The smallest absolute Gasteiger partial charge is 0.264 e. The number of nitrogens with zero attached hydrogens (tertiary/aromatic N) is 7. The molecule has 13 nitrogen and oxygen atoms in total. The van der Waals surface area contributed by atoms with Crippen LogP contribution < -0.4 is 20.7 Å². The highest BCUT2D eigenvalue weighted by Crippen LogP contribution is 2.43. The summed E-state index contributed by atoms with van der Waals surface area (Å²) in [4.78, 5) is 24.4. The summed E-state index contributed by atoms with van der Waals surface area (Å²) >= 11 is 0. The van der Waals surface area contributed by atoms with E-state index < -0.39 is 18.2 Å². The van der Waals surface area contributed by atoms with Crippen molar-refractivity contribution in [3.8, 4) is 11.3 Å². The van der Waals surface area contributed by atoms with E-state index in [0.29, 0.717) is 38.0 Å². The molecule has 63 heavy (non-hydrogen) atoms. The molecule has 1 amide bonds. The van der Waals surface area contributed by atoms with E-state index in [4.69, 9.17) is 0 Å². The number of para-hydroxylation sites is 1. The number of nitrogens with one attached hydrogen (secondary N) is 2. The normalized spacial score (nSPS) is 14.3. The number of benzene rings is 4. The number of rotatable bonds is 14. The van der Waals surface area contributed by atoms with Crippen molar-refractivity contribution in [2.45, 2.75) is 39.4 Å². The average molecular weight is 879 g/mol. The minimum Gasteiger partial charge on any atom is -0.375 e. The molecule has 6 aromatic rings. The highest BCUT2D eigenvalue weighted by Gasteiger charge is 2.40. The van der Waals surface area contributed by atoms with E-state index in [1.54, 1.807) is 11.0 Å². The molecule has 0 saturated heterocycles. The number of allylic oxidation sites excluding steroid dienone is 5. The third-order valence-electron chi connectivity index (χ3n) is 11.9. The molecule has 15 heteroatoms. The molecule has 1 aliphatic carbocycles. The van der Waals surface area contributed by atoms with Gasteiger partial charge in [0.05, 0.1) is 17.5 Å². The Labute approximate surface area is 369 Å². The Kier molecular flexibility index (Phi) is 12.1. The summed E-state index contributed by atoms with van der Waals surface area (Å²) in [7, 11) is -0.205. The molecule has 3 N–H and O–H groups in total. The van der Waals surface area contributed by atoms with E-state index in [1.165, 1.54) is 21.5 Å². The minimum atomic E-state index is -4.03. The van der Waals surface area contributed by atoms with Crippen molar-refractivity contribution in [3.63, 3.8) is 0 Å². The number of hydrogen-bond donors (Lipinski definition) is 3. The molecular formula is C48H52N9O4SSi+. The number of amides is 1. The van der Waals surface area contributed by atoms with E-state index in [0.717, 1.165) is 61.8 Å². The Balaban J connectivity index is 0.951. The summed E-state index contributed by atoms with van der Waals surface area (Å²) in [6.45, 7) is 8.37. The van der Waals surface area contributed by atoms with Crippen LogP contribution in [0.25, 0.3) is 27.7 Å². The number of carbonyl (C=O) groups excluding carboxylic acids is 1. The summed E-state index contributed by atoms with van der Waals surface area (Å²) in [5.41, 5.74) is 11.7. The summed E-state index contributed by atoms with van der Waals surface area (Å²) in [6, 6.07) is 28.3. The van der Waals surface area contributed by atoms with Gasteiger partial charge >= 0.3 is 0 Å². The average Bonchev–Trinajstić information content (AvgIpc) is 3.74. The molecule has 0 atom stereocenters. The zero-order chi connectivity index (χ0) is 44.5. The van der Waals surface area contributed by atoms with E-state index in [-0.39, 0.29) is 11.7 Å². The standard InChI is InChI=1S/C48H51N9O4SSi/c1-32-26-34(48(58)49-22-10-24-57-30-43(53-54-57)33-12-9-13-35(27-33)52-47-39-14-7-8-15-42(39)50-31-51-47)16-19-38(32)46-40-20-17-36(55(2)3)28-44(40)63(5,6)45-29-37(18-21-41(45)46)56(4)23-11-25-62(59,60)61/h7-9,12-21,26-31H,10-11,22-25H2,1-6H3,(H2-,49,50,51,52,58,59,60,61)/p+1. The van der Waals surface area contributed by atoms with Crippen molar-refractivity contribution < 1.29 is 22.3 Å². The number of aromatic nitrogens is 5. The second kappa shape index (κ2) is 17.7. The highest BCUT2D eigenvalue weighted by atomic mass is 32.2. The molecule has 0 saturated carbocycles. The lowest BCUT2D eigenvalue weighted by Crippen LogP contribution is -2.50. The lowest BCUT2D eigenvalue weighted by Gasteiger charge is -2.38. The van der Waals surface area contributed by atoms with Crippen LogP contribution in [0.3, 0.4) is 0 Å². The third kappa shape index (κ3) is 9.31. The van der Waals surface area contributed by atoms with Gasteiger partial charge in [0.15, 0.2) is 5.71 Å².